The third-order valence-corrected chi connectivity index (χ3v) is 3.88. The molecule has 0 unspecified atom stereocenters. The van der Waals surface area contributed by atoms with E-state index < -0.39 is 5.92 Å². The van der Waals surface area contributed by atoms with Crippen molar-refractivity contribution in [2.24, 2.45) is 5.92 Å². The Balaban J connectivity index is 1.85. The van der Waals surface area contributed by atoms with Crippen LogP contribution in [0.25, 0.3) is 0 Å². The second-order valence-corrected chi connectivity index (χ2v) is 5.59. The molecule has 2 amide bonds. The average molecular weight is 325 g/mol. The van der Waals surface area contributed by atoms with Crippen LogP contribution in [-0.4, -0.2) is 38.1 Å². The fourth-order valence-corrected chi connectivity index (χ4v) is 2.58. The van der Waals surface area contributed by atoms with Gasteiger partial charge in [-0.2, -0.15) is 0 Å². The smallest absolute Gasteiger partial charge is 0.239 e. The molecule has 1 fully saturated rings. The lowest BCUT2D eigenvalue weighted by Gasteiger charge is -2.16. The van der Waals surface area contributed by atoms with Gasteiger partial charge < -0.3 is 15.0 Å². The molecule has 1 aliphatic heterocycles. The number of carbonyl (C=O) groups is 2. The molecule has 0 radical (unpaired) electrons. The third kappa shape index (κ3) is 4.21. The van der Waals surface area contributed by atoms with Crippen LogP contribution in [0.2, 0.25) is 5.02 Å². The highest BCUT2D eigenvalue weighted by atomic mass is 35.5. The van der Waals surface area contributed by atoms with Crippen LogP contribution in [-0.2, 0) is 14.3 Å². The maximum absolute atomic E-state index is 12.4. The number of hydrogen-bond donors (Lipinski definition) is 1. The molecule has 120 valence electrons. The van der Waals surface area contributed by atoms with Crippen LogP contribution >= 0.6 is 11.6 Å². The van der Waals surface area contributed by atoms with Crippen LogP contribution in [0.1, 0.15) is 19.8 Å². The van der Waals surface area contributed by atoms with Crippen molar-refractivity contribution in [3.8, 4) is 0 Å². The summed E-state index contributed by atoms with van der Waals surface area (Å²) in [7, 11) is 0. The summed E-state index contributed by atoms with van der Waals surface area (Å²) in [5.74, 6) is -0.939. The Kier molecular flexibility index (Phi) is 6.21. The Morgan fingerprint density at radius 2 is 2.14 bits per heavy atom. The highest BCUT2D eigenvalue weighted by Crippen LogP contribution is 2.26. The van der Waals surface area contributed by atoms with E-state index in [1.807, 2.05) is 6.92 Å². The Morgan fingerprint density at radius 3 is 2.82 bits per heavy atom. The van der Waals surface area contributed by atoms with E-state index in [0.717, 1.165) is 12.1 Å². The van der Waals surface area contributed by atoms with Crippen LogP contribution in [0.3, 0.4) is 0 Å². The molecule has 2 rings (SSSR count). The van der Waals surface area contributed by atoms with Gasteiger partial charge in [0.2, 0.25) is 11.8 Å². The van der Waals surface area contributed by atoms with Crippen molar-refractivity contribution in [2.45, 2.75) is 19.8 Å². The van der Waals surface area contributed by atoms with E-state index in [-0.39, 0.29) is 11.8 Å². The molecular formula is C16H21ClN2O3. The van der Waals surface area contributed by atoms with E-state index in [0.29, 0.717) is 37.7 Å². The molecule has 6 heteroatoms. The van der Waals surface area contributed by atoms with Crippen molar-refractivity contribution in [1.29, 1.82) is 0 Å². The fourth-order valence-electron chi connectivity index (χ4n) is 2.45. The number of ether oxygens (including phenoxy) is 1. The second-order valence-electron chi connectivity index (χ2n) is 5.15. The van der Waals surface area contributed by atoms with Gasteiger partial charge in [-0.1, -0.05) is 11.6 Å². The summed E-state index contributed by atoms with van der Waals surface area (Å²) < 4.78 is 5.21. The first-order chi connectivity index (χ1) is 10.6. The summed E-state index contributed by atoms with van der Waals surface area (Å²) in [6, 6.07) is 7.07. The van der Waals surface area contributed by atoms with Gasteiger partial charge in [0, 0.05) is 37.0 Å². The molecule has 0 spiro atoms. The lowest BCUT2D eigenvalue weighted by atomic mass is 10.1. The van der Waals surface area contributed by atoms with Crippen LogP contribution in [0.15, 0.2) is 24.3 Å². The first-order valence-electron chi connectivity index (χ1n) is 7.56. The Hall–Kier alpha value is -1.59. The topological polar surface area (TPSA) is 58.6 Å². The molecule has 0 aliphatic carbocycles. The van der Waals surface area contributed by atoms with Crippen molar-refractivity contribution < 1.29 is 14.3 Å². The monoisotopic (exact) mass is 324 g/mol. The molecule has 0 bridgehead atoms. The van der Waals surface area contributed by atoms with E-state index in [1.54, 1.807) is 29.2 Å². The minimum Gasteiger partial charge on any atom is -0.382 e. The van der Waals surface area contributed by atoms with Crippen molar-refractivity contribution in [3.63, 3.8) is 0 Å². The Labute approximate surface area is 135 Å². The van der Waals surface area contributed by atoms with Crippen molar-refractivity contribution in [1.82, 2.24) is 5.32 Å². The van der Waals surface area contributed by atoms with Gasteiger partial charge in [-0.3, -0.25) is 9.59 Å². The minimum atomic E-state index is -0.595. The SMILES string of the molecule is CCOCCCNC(=O)[C@@H]1CCN(c2ccc(Cl)cc2)C1=O. The number of halogens is 1. The number of amides is 2. The van der Waals surface area contributed by atoms with Crippen LogP contribution in [0.5, 0.6) is 0 Å². The van der Waals surface area contributed by atoms with E-state index in [4.69, 9.17) is 16.3 Å². The fraction of sp³-hybridized carbons (Fsp3) is 0.500. The molecule has 1 aromatic rings. The first-order valence-corrected chi connectivity index (χ1v) is 7.93. The van der Waals surface area contributed by atoms with Gasteiger partial charge in [0.25, 0.3) is 0 Å². The second kappa shape index (κ2) is 8.15. The van der Waals surface area contributed by atoms with E-state index in [2.05, 4.69) is 5.32 Å². The quantitative estimate of drug-likeness (QED) is 0.618. The van der Waals surface area contributed by atoms with E-state index in [1.165, 1.54) is 0 Å². The summed E-state index contributed by atoms with van der Waals surface area (Å²) in [6.07, 6.45) is 1.29. The number of carbonyl (C=O) groups excluding carboxylic acids is 2. The van der Waals surface area contributed by atoms with Gasteiger partial charge in [0.1, 0.15) is 5.92 Å². The van der Waals surface area contributed by atoms with Gasteiger partial charge >= 0.3 is 0 Å². The highest BCUT2D eigenvalue weighted by molar-refractivity contribution is 6.30. The third-order valence-electron chi connectivity index (χ3n) is 3.63. The molecule has 1 aromatic carbocycles. The molecule has 1 aliphatic rings. The summed E-state index contributed by atoms with van der Waals surface area (Å²) in [5, 5.41) is 3.43. The molecule has 0 saturated carbocycles. The molecule has 5 nitrogen and oxygen atoms in total. The summed E-state index contributed by atoms with van der Waals surface area (Å²) >= 11 is 5.85. The van der Waals surface area contributed by atoms with Crippen molar-refractivity contribution in [2.75, 3.05) is 31.2 Å². The number of benzene rings is 1. The lowest BCUT2D eigenvalue weighted by Crippen LogP contribution is -2.37. The van der Waals surface area contributed by atoms with E-state index in [9.17, 15) is 9.59 Å². The summed E-state index contributed by atoms with van der Waals surface area (Å²) in [6.45, 7) is 4.31. The molecule has 1 heterocycles. The number of rotatable bonds is 7. The number of anilines is 1. The van der Waals surface area contributed by atoms with Gasteiger partial charge in [-0.15, -0.1) is 0 Å². The van der Waals surface area contributed by atoms with Gasteiger partial charge in [0.15, 0.2) is 0 Å². The van der Waals surface area contributed by atoms with E-state index >= 15 is 0 Å². The van der Waals surface area contributed by atoms with Crippen molar-refractivity contribution >= 4 is 29.1 Å². The largest absolute Gasteiger partial charge is 0.382 e. The zero-order valence-corrected chi connectivity index (χ0v) is 13.4. The zero-order valence-electron chi connectivity index (χ0n) is 12.7. The maximum Gasteiger partial charge on any atom is 0.239 e. The first kappa shape index (κ1) is 16.8. The number of nitrogens with zero attached hydrogens (tertiary/aromatic N) is 1. The van der Waals surface area contributed by atoms with Gasteiger partial charge in [-0.05, 0) is 44.0 Å². The standard InChI is InChI=1S/C16H21ClN2O3/c1-2-22-11-3-9-18-15(20)14-8-10-19(16(14)21)13-6-4-12(17)5-7-13/h4-7,14H,2-3,8-11H2,1H3,(H,18,20)/t14-/m0/s1. The Bertz CT molecular complexity index is 519. The molecule has 1 saturated heterocycles. The molecular weight excluding hydrogens is 304 g/mol. The molecule has 0 aromatic heterocycles. The van der Waals surface area contributed by atoms with Crippen LogP contribution in [0.4, 0.5) is 5.69 Å². The molecule has 1 atom stereocenters. The van der Waals surface area contributed by atoms with Gasteiger partial charge in [0.05, 0.1) is 0 Å². The van der Waals surface area contributed by atoms with Crippen LogP contribution in [0, 0.1) is 5.92 Å². The number of hydrogen-bond acceptors (Lipinski definition) is 3. The highest BCUT2D eigenvalue weighted by Gasteiger charge is 2.37. The average Bonchev–Trinajstić information content (AvgIpc) is 2.89. The molecule has 1 N–H and O–H groups in total. The molecule has 22 heavy (non-hydrogen) atoms. The lowest BCUT2D eigenvalue weighted by molar-refractivity contribution is -0.132. The van der Waals surface area contributed by atoms with Gasteiger partial charge in [-0.25, -0.2) is 0 Å². The van der Waals surface area contributed by atoms with Crippen LogP contribution < -0.4 is 10.2 Å². The van der Waals surface area contributed by atoms with Crippen molar-refractivity contribution in [3.05, 3.63) is 29.3 Å². The summed E-state index contributed by atoms with van der Waals surface area (Å²) in [5.41, 5.74) is 0.779. The maximum atomic E-state index is 12.4. The predicted molar refractivity (Wildman–Crippen MR) is 86.0 cm³/mol. The number of nitrogens with one attached hydrogen (secondary N) is 1. The minimum absolute atomic E-state index is 0.148. The summed E-state index contributed by atoms with van der Waals surface area (Å²) in [4.78, 5) is 26.1. The normalized spacial score (nSPS) is 17.8. The zero-order chi connectivity index (χ0) is 15.9. The predicted octanol–water partition coefficient (Wildman–Crippen LogP) is 2.24. The Morgan fingerprint density at radius 1 is 1.41 bits per heavy atom.